The molecule has 4 rings (SSSR count). The van der Waals surface area contributed by atoms with Crippen LogP contribution in [-0.2, 0) is 19.4 Å². The molecule has 1 aliphatic carbocycles. The molecule has 0 aliphatic heterocycles. The molecule has 31 heavy (non-hydrogen) atoms. The third-order valence-corrected chi connectivity index (χ3v) is 8.22. The highest BCUT2D eigenvalue weighted by Crippen LogP contribution is 2.39. The Morgan fingerprint density at radius 3 is 2.74 bits per heavy atom. The predicted octanol–water partition coefficient (Wildman–Crippen LogP) is 8.34. The van der Waals surface area contributed by atoms with Crippen molar-refractivity contribution in [2.75, 3.05) is 0 Å². The summed E-state index contributed by atoms with van der Waals surface area (Å²) in [5.74, 6) is 0.746. The van der Waals surface area contributed by atoms with E-state index >= 15 is 0 Å². The zero-order valence-corrected chi connectivity index (χ0v) is 22.9. The van der Waals surface area contributed by atoms with E-state index in [1.54, 1.807) is 29.7 Å². The van der Waals surface area contributed by atoms with E-state index in [9.17, 15) is 5.26 Å². The van der Waals surface area contributed by atoms with Crippen LogP contribution >= 0.6 is 79.7 Å². The van der Waals surface area contributed by atoms with Gasteiger partial charge in [-0.3, -0.25) is 0 Å². The molecule has 0 bridgehead atoms. The average Bonchev–Trinajstić information content (AvgIpc) is 3.10. The molecule has 1 aromatic heterocycles. The number of fused-ring (bicyclic) bond motifs is 1. The largest absolute Gasteiger partial charge is 0.487 e. The van der Waals surface area contributed by atoms with Crippen LogP contribution < -0.4 is 4.74 Å². The monoisotopic (exact) mass is 692 g/mol. The first-order valence-corrected chi connectivity index (χ1v) is 13.3. The van der Waals surface area contributed by atoms with Crippen molar-refractivity contribution >= 4 is 90.9 Å². The second-order valence-corrected chi connectivity index (χ2v) is 11.4. The van der Waals surface area contributed by atoms with Crippen LogP contribution in [0.25, 0.3) is 0 Å². The van der Waals surface area contributed by atoms with Gasteiger partial charge in [0, 0.05) is 35.8 Å². The van der Waals surface area contributed by atoms with Crippen molar-refractivity contribution in [1.29, 1.82) is 5.26 Å². The lowest BCUT2D eigenvalue weighted by Crippen LogP contribution is -2.02. The lowest BCUT2D eigenvalue weighted by Gasteiger charge is -2.13. The summed E-state index contributed by atoms with van der Waals surface area (Å²) in [6, 6.07) is 11.8. The summed E-state index contributed by atoms with van der Waals surface area (Å²) < 4.78 is 8.24. The van der Waals surface area contributed by atoms with Crippen molar-refractivity contribution < 1.29 is 4.74 Å². The minimum atomic E-state index is 0.324. The number of nitriles is 1. The molecule has 3 nitrogen and oxygen atoms in total. The van der Waals surface area contributed by atoms with E-state index in [0.717, 1.165) is 53.8 Å². The molecule has 2 aromatic carbocycles. The summed E-state index contributed by atoms with van der Waals surface area (Å²) in [6.07, 6.45) is 6.15. The van der Waals surface area contributed by atoms with E-state index in [4.69, 9.17) is 32.9 Å². The zero-order valence-electron chi connectivity index (χ0n) is 16.2. The Morgan fingerprint density at radius 1 is 1.16 bits per heavy atom. The predicted molar refractivity (Wildman–Crippen MR) is 146 cm³/mol. The van der Waals surface area contributed by atoms with Crippen molar-refractivity contribution in [3.05, 3.63) is 74.6 Å². The second kappa shape index (κ2) is 10.4. The van der Waals surface area contributed by atoms with Crippen LogP contribution in [0.2, 0.25) is 10.0 Å². The second-order valence-electron chi connectivity index (χ2n) is 7.09. The molecule has 158 valence electrons. The quantitative estimate of drug-likeness (QED) is 0.199. The molecule has 0 spiro atoms. The van der Waals surface area contributed by atoms with Crippen molar-refractivity contribution in [2.45, 2.75) is 32.3 Å². The first-order valence-electron chi connectivity index (χ1n) is 9.60. The molecule has 0 saturated carbocycles. The molecule has 8 heteroatoms. The number of ether oxygens (including phenoxy) is 1. The summed E-state index contributed by atoms with van der Waals surface area (Å²) in [6.45, 7) is 0.324. The molecule has 3 aromatic rings. The number of halogens is 4. The summed E-state index contributed by atoms with van der Waals surface area (Å²) in [5, 5.41) is 11.6. The van der Waals surface area contributed by atoms with Crippen molar-refractivity contribution in [2.24, 2.45) is 4.99 Å². The maximum atomic E-state index is 9.69. The summed E-state index contributed by atoms with van der Waals surface area (Å²) >= 11 is 18.5. The molecule has 1 heterocycles. The Balaban J connectivity index is 1.64. The van der Waals surface area contributed by atoms with Gasteiger partial charge in [0.2, 0.25) is 0 Å². The minimum Gasteiger partial charge on any atom is -0.487 e. The molecule has 0 unspecified atom stereocenters. The molecule has 0 N–H and O–H groups in total. The van der Waals surface area contributed by atoms with Crippen LogP contribution in [0, 0.1) is 18.5 Å². The van der Waals surface area contributed by atoms with Crippen molar-refractivity contribution in [3.63, 3.8) is 0 Å². The Bertz CT molecular complexity index is 1220. The zero-order chi connectivity index (χ0) is 22.0. The van der Waals surface area contributed by atoms with Crippen molar-refractivity contribution in [1.82, 2.24) is 0 Å². The van der Waals surface area contributed by atoms with E-state index in [2.05, 4.69) is 57.3 Å². The van der Waals surface area contributed by atoms with Crippen LogP contribution in [0.5, 0.6) is 5.75 Å². The van der Waals surface area contributed by atoms with Crippen molar-refractivity contribution in [3.8, 4) is 11.8 Å². The van der Waals surface area contributed by atoms with Gasteiger partial charge in [-0.2, -0.15) is 5.26 Å². The number of benzene rings is 2. The number of hydrogen-bond acceptors (Lipinski definition) is 4. The van der Waals surface area contributed by atoms with Crippen LogP contribution in [0.4, 0.5) is 5.00 Å². The molecule has 0 amide bonds. The number of aliphatic imine (C=N–C) groups is 1. The SMILES string of the molecule is N#Cc1c(/N=C\c2cc(I)cc(I)c2OCc2ccc(Cl)cc2Cl)sc2c1CCCC2. The number of aryl methyl sites for hydroxylation is 1. The summed E-state index contributed by atoms with van der Waals surface area (Å²) in [5.41, 5.74) is 3.65. The van der Waals surface area contributed by atoms with Gasteiger partial charge in [-0.1, -0.05) is 29.3 Å². The molecular weight excluding hydrogens is 677 g/mol. The van der Waals surface area contributed by atoms with Gasteiger partial charge in [-0.25, -0.2) is 4.99 Å². The van der Waals surface area contributed by atoms with Crippen LogP contribution in [0.3, 0.4) is 0 Å². The van der Waals surface area contributed by atoms with Gasteiger partial charge in [0.05, 0.1) is 9.13 Å². The van der Waals surface area contributed by atoms with Gasteiger partial charge in [0.1, 0.15) is 23.4 Å². The highest BCUT2D eigenvalue weighted by atomic mass is 127. The first kappa shape index (κ1) is 23.3. The summed E-state index contributed by atoms with van der Waals surface area (Å²) in [7, 11) is 0. The fraction of sp³-hybridized carbons (Fsp3) is 0.217. The Kier molecular flexibility index (Phi) is 7.81. The Labute approximate surface area is 222 Å². The van der Waals surface area contributed by atoms with E-state index in [0.29, 0.717) is 16.7 Å². The third kappa shape index (κ3) is 5.38. The standard InChI is InChI=1S/C23H16Cl2I2N2OS/c24-15-6-5-13(19(25)8-15)12-30-22-14(7-16(26)9-20(22)27)11-29-23-18(10-28)17-3-1-2-4-21(17)31-23/h5-9,11H,1-4,12H2/b29-11-. The lowest BCUT2D eigenvalue weighted by molar-refractivity contribution is 0.303. The van der Waals surface area contributed by atoms with Gasteiger partial charge < -0.3 is 4.74 Å². The van der Waals surface area contributed by atoms with Gasteiger partial charge >= 0.3 is 0 Å². The Hall–Kier alpha value is -0.860. The van der Waals surface area contributed by atoms with E-state index in [-0.39, 0.29) is 0 Å². The molecule has 0 fully saturated rings. The molecule has 0 radical (unpaired) electrons. The molecular formula is C23H16Cl2I2N2OS. The smallest absolute Gasteiger partial charge is 0.141 e. The third-order valence-electron chi connectivity index (χ3n) is 5.01. The topological polar surface area (TPSA) is 45.4 Å². The number of thiophene rings is 1. The maximum absolute atomic E-state index is 9.69. The number of hydrogen-bond donors (Lipinski definition) is 0. The highest BCUT2D eigenvalue weighted by molar-refractivity contribution is 14.1. The van der Waals surface area contributed by atoms with Crippen LogP contribution in [0.15, 0.2) is 35.3 Å². The van der Waals surface area contributed by atoms with Crippen LogP contribution in [0.1, 0.15) is 40.0 Å². The van der Waals surface area contributed by atoms with Gasteiger partial charge in [-0.15, -0.1) is 11.3 Å². The normalized spacial score (nSPS) is 13.3. The molecule has 0 saturated heterocycles. The van der Waals surface area contributed by atoms with E-state index in [1.807, 2.05) is 12.1 Å². The lowest BCUT2D eigenvalue weighted by atomic mass is 9.96. The minimum absolute atomic E-state index is 0.324. The van der Waals surface area contributed by atoms with E-state index in [1.165, 1.54) is 16.9 Å². The average molecular weight is 693 g/mol. The number of nitrogens with zero attached hydrogens (tertiary/aromatic N) is 2. The summed E-state index contributed by atoms with van der Waals surface area (Å²) in [4.78, 5) is 6.03. The molecule has 0 atom stereocenters. The number of rotatable bonds is 5. The Morgan fingerprint density at radius 2 is 1.97 bits per heavy atom. The van der Waals surface area contributed by atoms with Gasteiger partial charge in [-0.05, 0) is 101 Å². The van der Waals surface area contributed by atoms with Gasteiger partial charge in [0.15, 0.2) is 0 Å². The van der Waals surface area contributed by atoms with Crippen LogP contribution in [-0.4, -0.2) is 6.21 Å². The first-order chi connectivity index (χ1) is 15.0. The maximum Gasteiger partial charge on any atom is 0.141 e. The molecule has 1 aliphatic rings. The van der Waals surface area contributed by atoms with Gasteiger partial charge in [0.25, 0.3) is 0 Å². The van der Waals surface area contributed by atoms with E-state index < -0.39 is 0 Å². The fourth-order valence-electron chi connectivity index (χ4n) is 3.50. The highest BCUT2D eigenvalue weighted by Gasteiger charge is 2.20. The fourth-order valence-corrected chi connectivity index (χ4v) is 7.19.